The van der Waals surface area contributed by atoms with E-state index in [-0.39, 0.29) is 18.1 Å². The lowest BCUT2D eigenvalue weighted by Gasteiger charge is -2.16. The van der Waals surface area contributed by atoms with Crippen LogP contribution in [0, 0.1) is 13.8 Å². The molecule has 0 saturated carbocycles. The lowest BCUT2D eigenvalue weighted by molar-refractivity contribution is -0.138. The molecule has 0 spiro atoms. The van der Waals surface area contributed by atoms with Crippen molar-refractivity contribution in [2.24, 2.45) is 0 Å². The number of carbonyl (C=O) groups is 2. The van der Waals surface area contributed by atoms with Crippen LogP contribution in [0.15, 0.2) is 41.1 Å². The molecule has 0 saturated heterocycles. The molecule has 1 amide bonds. The molecule has 1 aliphatic rings. The van der Waals surface area contributed by atoms with E-state index in [1.165, 1.54) is 0 Å². The summed E-state index contributed by atoms with van der Waals surface area (Å²) in [5, 5.41) is 0.937. The predicted molar refractivity (Wildman–Crippen MR) is 126 cm³/mol. The molecule has 1 aromatic heterocycles. The fourth-order valence-corrected chi connectivity index (χ4v) is 4.18. The molecule has 6 nitrogen and oxygen atoms in total. The smallest absolute Gasteiger partial charge is 0.340 e. The van der Waals surface area contributed by atoms with E-state index < -0.39 is 5.97 Å². The Morgan fingerprint density at radius 3 is 2.47 bits per heavy atom. The Kier molecular flexibility index (Phi) is 7.49. The minimum atomic E-state index is -0.511. The summed E-state index contributed by atoms with van der Waals surface area (Å²) in [6.45, 7) is 8.33. The molecule has 0 N–H and O–H groups in total. The summed E-state index contributed by atoms with van der Waals surface area (Å²) in [6, 6.07) is 7.39. The normalized spacial score (nSPS) is 15.3. The maximum Gasteiger partial charge on any atom is 0.340 e. The Morgan fingerprint density at radius 1 is 1.12 bits per heavy atom. The largest absolute Gasteiger partial charge is 0.462 e. The first-order valence-corrected chi connectivity index (χ1v) is 11.0. The molecule has 32 heavy (non-hydrogen) atoms. The number of esters is 1. The second-order valence-electron chi connectivity index (χ2n) is 7.45. The summed E-state index contributed by atoms with van der Waals surface area (Å²) in [6.07, 6.45) is 1.75. The van der Waals surface area contributed by atoms with E-state index in [1.807, 2.05) is 30.5 Å². The zero-order valence-corrected chi connectivity index (χ0v) is 20.3. The van der Waals surface area contributed by atoms with Crippen molar-refractivity contribution in [3.05, 3.63) is 68.1 Å². The lowest BCUT2D eigenvalue weighted by Crippen LogP contribution is -2.28. The van der Waals surface area contributed by atoms with Gasteiger partial charge in [-0.15, -0.1) is 0 Å². The zero-order chi connectivity index (χ0) is 23.6. The number of aromatic nitrogens is 1. The Morgan fingerprint density at radius 2 is 1.84 bits per heavy atom. The Hall–Kier alpha value is -2.54. The molecule has 1 aliphatic heterocycles. The summed E-state index contributed by atoms with van der Waals surface area (Å²) in [4.78, 5) is 27.5. The van der Waals surface area contributed by atoms with Crippen molar-refractivity contribution in [3.8, 4) is 5.69 Å². The van der Waals surface area contributed by atoms with Gasteiger partial charge < -0.3 is 18.9 Å². The number of ether oxygens (including phenoxy) is 2. The zero-order valence-electron chi connectivity index (χ0n) is 18.8. The monoisotopic (exact) mass is 476 g/mol. The number of allylic oxidation sites excluding steroid dienone is 1. The van der Waals surface area contributed by atoms with Crippen molar-refractivity contribution in [2.75, 3.05) is 26.9 Å². The SMILES string of the molecule is CCOC(=O)C1=C(C)N(CCOC)C(=O)C1=Cc1cc(C)n(-c2ccc(Cl)c(Cl)c2)c1C. The number of hydrogen-bond acceptors (Lipinski definition) is 4. The van der Waals surface area contributed by atoms with Crippen LogP contribution in [0.2, 0.25) is 10.0 Å². The number of carbonyl (C=O) groups excluding carboxylic acids is 2. The number of amides is 1. The van der Waals surface area contributed by atoms with Crippen molar-refractivity contribution in [2.45, 2.75) is 27.7 Å². The van der Waals surface area contributed by atoms with E-state index >= 15 is 0 Å². The molecule has 0 aliphatic carbocycles. The first-order valence-electron chi connectivity index (χ1n) is 10.3. The standard InChI is InChI=1S/C24H26Cl2N2O4/c1-6-32-24(30)22-16(4)27(9-10-31-5)23(29)19(22)12-17-11-14(2)28(15(17)3)18-7-8-20(25)21(26)13-18/h7-8,11-13H,6,9-10H2,1-5H3. The third-order valence-electron chi connectivity index (χ3n) is 5.44. The molecule has 0 unspecified atom stereocenters. The van der Waals surface area contributed by atoms with E-state index in [0.29, 0.717) is 34.5 Å². The number of rotatable bonds is 7. The molecule has 3 rings (SSSR count). The van der Waals surface area contributed by atoms with Gasteiger partial charge in [-0.2, -0.15) is 0 Å². The highest BCUT2D eigenvalue weighted by Crippen LogP contribution is 2.34. The van der Waals surface area contributed by atoms with Crippen molar-refractivity contribution in [1.82, 2.24) is 9.47 Å². The van der Waals surface area contributed by atoms with E-state index in [1.54, 1.807) is 44.1 Å². The van der Waals surface area contributed by atoms with Gasteiger partial charge in [-0.1, -0.05) is 23.2 Å². The molecular weight excluding hydrogens is 451 g/mol. The second kappa shape index (κ2) is 9.94. The summed E-state index contributed by atoms with van der Waals surface area (Å²) in [5.41, 5.74) is 4.69. The van der Waals surface area contributed by atoms with Gasteiger partial charge in [0.1, 0.15) is 0 Å². The fraction of sp³-hybridized carbons (Fsp3) is 0.333. The van der Waals surface area contributed by atoms with Crippen LogP contribution in [0.25, 0.3) is 11.8 Å². The van der Waals surface area contributed by atoms with E-state index in [2.05, 4.69) is 0 Å². The van der Waals surface area contributed by atoms with Crippen LogP contribution in [0.1, 0.15) is 30.8 Å². The highest BCUT2D eigenvalue weighted by Gasteiger charge is 2.37. The van der Waals surface area contributed by atoms with Gasteiger partial charge in [0, 0.05) is 36.4 Å². The molecule has 2 aromatic rings. The Bertz CT molecular complexity index is 1130. The fourth-order valence-electron chi connectivity index (χ4n) is 3.89. The number of methoxy groups -OCH3 is 1. The Balaban J connectivity index is 2.10. The molecule has 2 heterocycles. The van der Waals surface area contributed by atoms with Gasteiger partial charge >= 0.3 is 5.97 Å². The van der Waals surface area contributed by atoms with Gasteiger partial charge in [-0.25, -0.2) is 4.79 Å². The minimum Gasteiger partial charge on any atom is -0.462 e. The van der Waals surface area contributed by atoms with E-state index in [4.69, 9.17) is 32.7 Å². The second-order valence-corrected chi connectivity index (χ2v) is 8.26. The third-order valence-corrected chi connectivity index (χ3v) is 6.18. The van der Waals surface area contributed by atoms with Crippen LogP contribution in [0.5, 0.6) is 0 Å². The number of halogens is 2. The van der Waals surface area contributed by atoms with Gasteiger partial charge in [-0.3, -0.25) is 4.79 Å². The number of benzene rings is 1. The summed E-state index contributed by atoms with van der Waals surface area (Å²) in [5.74, 6) is -0.759. The molecule has 0 radical (unpaired) electrons. The molecule has 0 bridgehead atoms. The van der Waals surface area contributed by atoms with Crippen molar-refractivity contribution in [1.29, 1.82) is 0 Å². The van der Waals surface area contributed by atoms with Crippen molar-refractivity contribution < 1.29 is 19.1 Å². The van der Waals surface area contributed by atoms with Crippen molar-refractivity contribution in [3.63, 3.8) is 0 Å². The highest BCUT2D eigenvalue weighted by molar-refractivity contribution is 6.42. The summed E-state index contributed by atoms with van der Waals surface area (Å²) in [7, 11) is 1.57. The lowest BCUT2D eigenvalue weighted by atomic mass is 10.0. The maximum atomic E-state index is 13.2. The van der Waals surface area contributed by atoms with Crippen LogP contribution in [-0.2, 0) is 19.1 Å². The van der Waals surface area contributed by atoms with Gasteiger partial charge in [0.15, 0.2) is 0 Å². The Labute approximate surface area is 198 Å². The predicted octanol–water partition coefficient (Wildman–Crippen LogP) is 5.11. The van der Waals surface area contributed by atoms with Crippen LogP contribution in [0.3, 0.4) is 0 Å². The molecule has 8 heteroatoms. The van der Waals surface area contributed by atoms with Crippen LogP contribution >= 0.6 is 23.2 Å². The molecule has 1 aromatic carbocycles. The summed E-state index contributed by atoms with van der Waals surface area (Å²) >= 11 is 12.3. The van der Waals surface area contributed by atoms with Crippen LogP contribution in [-0.4, -0.2) is 48.2 Å². The number of hydrogen-bond donors (Lipinski definition) is 0. The first-order chi connectivity index (χ1) is 15.2. The average Bonchev–Trinajstić information content (AvgIpc) is 3.15. The van der Waals surface area contributed by atoms with Gasteiger partial charge in [0.05, 0.1) is 34.4 Å². The topological polar surface area (TPSA) is 60.8 Å². The van der Waals surface area contributed by atoms with E-state index in [9.17, 15) is 9.59 Å². The van der Waals surface area contributed by atoms with Crippen LogP contribution in [0.4, 0.5) is 0 Å². The average molecular weight is 477 g/mol. The number of aryl methyl sites for hydroxylation is 1. The van der Waals surface area contributed by atoms with Gasteiger partial charge in [0.2, 0.25) is 0 Å². The van der Waals surface area contributed by atoms with E-state index in [0.717, 1.165) is 22.6 Å². The minimum absolute atomic E-state index is 0.223. The molecule has 170 valence electrons. The number of nitrogens with zero attached hydrogens (tertiary/aromatic N) is 2. The summed E-state index contributed by atoms with van der Waals surface area (Å²) < 4.78 is 12.4. The maximum absolute atomic E-state index is 13.2. The third kappa shape index (κ3) is 4.49. The van der Waals surface area contributed by atoms with Gasteiger partial charge in [0.25, 0.3) is 5.91 Å². The highest BCUT2D eigenvalue weighted by atomic mass is 35.5. The van der Waals surface area contributed by atoms with Gasteiger partial charge in [-0.05, 0) is 63.6 Å². The molecule has 0 atom stereocenters. The molecule has 0 fully saturated rings. The van der Waals surface area contributed by atoms with Crippen LogP contribution < -0.4 is 0 Å². The van der Waals surface area contributed by atoms with Crippen molar-refractivity contribution >= 4 is 41.2 Å². The quantitative estimate of drug-likeness (QED) is 0.411. The molecular formula is C24H26Cl2N2O4. The first kappa shape index (κ1) is 24.1.